The van der Waals surface area contributed by atoms with Gasteiger partial charge in [-0.05, 0) is 63.1 Å². The molecule has 0 saturated carbocycles. The molecule has 0 nitrogen and oxygen atoms in total. The molecule has 0 N–H and O–H groups in total. The Morgan fingerprint density at radius 2 is 1.48 bits per heavy atom. The topological polar surface area (TPSA) is 0 Å². The molecule has 0 amide bonds. The van der Waals surface area contributed by atoms with E-state index >= 15 is 0 Å². The number of fused-ring (bicyclic) bond motifs is 10. The molecular weight excluding hydrogens is 368 g/mol. The minimum atomic E-state index is 0.0433. The van der Waals surface area contributed by atoms with E-state index in [1.54, 1.807) is 0 Å². The Hall–Kier alpha value is -2.90. The Morgan fingerprint density at radius 1 is 0.690 bits per heavy atom. The van der Waals surface area contributed by atoms with E-state index in [1.165, 1.54) is 64.7 Å². The van der Waals surface area contributed by atoms with Crippen LogP contribution < -0.4 is 0 Å². The quantitative estimate of drug-likeness (QED) is 0.248. The summed E-state index contributed by atoms with van der Waals surface area (Å²) in [6, 6.07) is 27.4. The fourth-order valence-corrected chi connectivity index (χ4v) is 7.16. The number of benzene rings is 4. The van der Waals surface area contributed by atoms with Gasteiger partial charge >= 0.3 is 0 Å². The van der Waals surface area contributed by atoms with Crippen molar-refractivity contribution in [2.24, 2.45) is 0 Å². The Labute approximate surface area is 174 Å². The van der Waals surface area contributed by atoms with Gasteiger partial charge in [0.1, 0.15) is 0 Å². The minimum absolute atomic E-state index is 0.0433. The summed E-state index contributed by atoms with van der Waals surface area (Å²) in [5.74, 6) is 0. The molecule has 2 aliphatic carbocycles. The molecule has 0 bridgehead atoms. The van der Waals surface area contributed by atoms with Crippen LogP contribution in [0.25, 0.3) is 42.4 Å². The van der Waals surface area contributed by atoms with Gasteiger partial charge in [-0.2, -0.15) is 0 Å². The van der Waals surface area contributed by atoms with Crippen molar-refractivity contribution in [2.45, 2.75) is 25.7 Å². The maximum Gasteiger partial charge on any atom is 0.0402 e. The Morgan fingerprint density at radius 3 is 2.38 bits per heavy atom. The maximum absolute atomic E-state index is 2.46. The third-order valence-electron chi connectivity index (χ3n) is 7.07. The molecule has 0 unspecified atom stereocenters. The van der Waals surface area contributed by atoms with E-state index in [2.05, 4.69) is 86.6 Å². The molecule has 0 fully saturated rings. The molecule has 2 aliphatic rings. The van der Waals surface area contributed by atoms with Gasteiger partial charge in [0.15, 0.2) is 0 Å². The summed E-state index contributed by atoms with van der Waals surface area (Å²) in [5, 5.41) is 2.83. The van der Waals surface area contributed by atoms with Gasteiger partial charge in [0.05, 0.1) is 0 Å². The smallest absolute Gasteiger partial charge is 0.0402 e. The molecule has 29 heavy (non-hydrogen) atoms. The van der Waals surface area contributed by atoms with Crippen LogP contribution >= 0.6 is 11.3 Å². The molecule has 7 rings (SSSR count). The van der Waals surface area contributed by atoms with Gasteiger partial charge in [0.2, 0.25) is 0 Å². The van der Waals surface area contributed by atoms with Gasteiger partial charge in [0, 0.05) is 25.6 Å². The SMILES string of the molecule is CC1(C)c2ccccc2-c2ccc3c(sc4cc5c(cc43)-c3ccccc3C5)c21. The predicted molar refractivity (Wildman–Crippen MR) is 125 cm³/mol. The van der Waals surface area contributed by atoms with E-state index in [-0.39, 0.29) is 5.41 Å². The van der Waals surface area contributed by atoms with Crippen molar-refractivity contribution in [3.05, 3.63) is 95.1 Å². The van der Waals surface area contributed by atoms with Crippen molar-refractivity contribution in [1.82, 2.24) is 0 Å². The molecule has 4 aromatic carbocycles. The number of rotatable bonds is 0. The highest BCUT2D eigenvalue weighted by Crippen LogP contribution is 2.54. The van der Waals surface area contributed by atoms with Crippen LogP contribution in [0.2, 0.25) is 0 Å². The van der Waals surface area contributed by atoms with E-state index in [9.17, 15) is 0 Å². The van der Waals surface area contributed by atoms with Crippen LogP contribution in [-0.4, -0.2) is 0 Å². The summed E-state index contributed by atoms with van der Waals surface area (Å²) in [4.78, 5) is 0. The van der Waals surface area contributed by atoms with Gasteiger partial charge in [-0.15, -0.1) is 11.3 Å². The standard InChI is InChI=1S/C28H20S/c1-28(2)24-10-6-5-9-19(24)20-11-12-21-23-15-22-17(13-16-7-3-4-8-18(16)22)14-25(23)29-27(21)26(20)28/h3-12,14-15H,13H2,1-2H3. The molecule has 0 saturated heterocycles. The maximum atomic E-state index is 2.46. The van der Waals surface area contributed by atoms with Gasteiger partial charge in [-0.25, -0.2) is 0 Å². The number of hydrogen-bond acceptors (Lipinski definition) is 1. The van der Waals surface area contributed by atoms with Crippen LogP contribution in [0.4, 0.5) is 0 Å². The monoisotopic (exact) mass is 388 g/mol. The lowest BCUT2D eigenvalue weighted by Crippen LogP contribution is -2.14. The number of thiophene rings is 1. The molecule has 1 heterocycles. The van der Waals surface area contributed by atoms with E-state index < -0.39 is 0 Å². The minimum Gasteiger partial charge on any atom is -0.135 e. The van der Waals surface area contributed by atoms with Crippen LogP contribution in [0.15, 0.2) is 72.8 Å². The second-order valence-corrected chi connectivity index (χ2v) is 10.0. The Bertz CT molecular complexity index is 1500. The molecule has 138 valence electrons. The van der Waals surface area contributed by atoms with Crippen LogP contribution in [0.5, 0.6) is 0 Å². The summed E-state index contributed by atoms with van der Waals surface area (Å²) in [7, 11) is 0. The predicted octanol–water partition coefficient (Wildman–Crippen LogP) is 7.93. The summed E-state index contributed by atoms with van der Waals surface area (Å²) in [6.07, 6.45) is 1.06. The zero-order valence-electron chi connectivity index (χ0n) is 16.5. The van der Waals surface area contributed by atoms with E-state index in [0.717, 1.165) is 6.42 Å². The highest BCUT2D eigenvalue weighted by Gasteiger charge is 2.37. The fraction of sp³-hybridized carbons (Fsp3) is 0.143. The molecule has 0 spiro atoms. The molecule has 5 aromatic rings. The summed E-state index contributed by atoms with van der Waals surface area (Å²) >= 11 is 1.98. The zero-order valence-corrected chi connectivity index (χ0v) is 17.4. The zero-order chi connectivity index (χ0) is 19.3. The summed E-state index contributed by atoms with van der Waals surface area (Å²) < 4.78 is 2.89. The summed E-state index contributed by atoms with van der Waals surface area (Å²) in [5.41, 5.74) is 11.6. The van der Waals surface area contributed by atoms with E-state index in [4.69, 9.17) is 0 Å². The molecule has 1 aromatic heterocycles. The molecule has 0 radical (unpaired) electrons. The van der Waals surface area contributed by atoms with E-state index in [1.807, 2.05) is 11.3 Å². The molecule has 0 aliphatic heterocycles. The van der Waals surface area contributed by atoms with Gasteiger partial charge in [-0.3, -0.25) is 0 Å². The first-order chi connectivity index (χ1) is 14.1. The van der Waals surface area contributed by atoms with Gasteiger partial charge in [-0.1, -0.05) is 74.5 Å². The second-order valence-electron chi connectivity index (χ2n) is 8.98. The number of hydrogen-bond donors (Lipinski definition) is 0. The fourth-order valence-electron chi connectivity index (χ4n) is 5.71. The van der Waals surface area contributed by atoms with Crippen LogP contribution in [0, 0.1) is 0 Å². The molecule has 0 atom stereocenters. The third-order valence-corrected chi connectivity index (χ3v) is 8.26. The lowest BCUT2D eigenvalue weighted by Gasteiger charge is -2.22. The largest absolute Gasteiger partial charge is 0.135 e. The highest BCUT2D eigenvalue weighted by molar-refractivity contribution is 7.26. The van der Waals surface area contributed by atoms with Crippen molar-refractivity contribution >= 4 is 31.5 Å². The summed E-state index contributed by atoms with van der Waals surface area (Å²) in [6.45, 7) is 4.77. The van der Waals surface area contributed by atoms with E-state index in [0.29, 0.717) is 0 Å². The van der Waals surface area contributed by atoms with Gasteiger partial charge in [0.25, 0.3) is 0 Å². The van der Waals surface area contributed by atoms with Crippen molar-refractivity contribution in [3.8, 4) is 22.3 Å². The van der Waals surface area contributed by atoms with Crippen LogP contribution in [0.3, 0.4) is 0 Å². The normalized spacial score (nSPS) is 15.4. The van der Waals surface area contributed by atoms with Crippen LogP contribution in [0.1, 0.15) is 36.1 Å². The third kappa shape index (κ3) is 1.89. The average Bonchev–Trinajstić information content (AvgIpc) is 3.34. The highest BCUT2D eigenvalue weighted by atomic mass is 32.1. The molecule has 1 heteroatoms. The first-order valence-electron chi connectivity index (χ1n) is 10.3. The van der Waals surface area contributed by atoms with Crippen molar-refractivity contribution in [3.63, 3.8) is 0 Å². The second kappa shape index (κ2) is 5.17. The first-order valence-corrected chi connectivity index (χ1v) is 11.2. The molecular formula is C28H20S. The van der Waals surface area contributed by atoms with Gasteiger partial charge < -0.3 is 0 Å². The Kier molecular flexibility index (Phi) is 2.85. The van der Waals surface area contributed by atoms with Crippen molar-refractivity contribution in [2.75, 3.05) is 0 Å². The lowest BCUT2D eigenvalue weighted by atomic mass is 9.82. The van der Waals surface area contributed by atoms with Crippen molar-refractivity contribution in [1.29, 1.82) is 0 Å². The first kappa shape index (κ1) is 16.0. The lowest BCUT2D eigenvalue weighted by molar-refractivity contribution is 0.667. The van der Waals surface area contributed by atoms with Crippen molar-refractivity contribution < 1.29 is 0 Å². The Balaban J connectivity index is 1.57. The average molecular weight is 389 g/mol. The van der Waals surface area contributed by atoms with Crippen LogP contribution in [-0.2, 0) is 11.8 Å².